The van der Waals surface area contributed by atoms with Crippen LogP contribution in [0.15, 0.2) is 18.2 Å². The number of alkyl halides is 1. The zero-order valence-corrected chi connectivity index (χ0v) is 12.2. The Hall–Kier alpha value is -1.26. The van der Waals surface area contributed by atoms with Crippen LogP contribution in [0.2, 0.25) is 5.02 Å². The maximum atomic E-state index is 11.7. The Kier molecular flexibility index (Phi) is 4.32. The fourth-order valence-corrected chi connectivity index (χ4v) is 2.40. The van der Waals surface area contributed by atoms with E-state index in [0.29, 0.717) is 23.0 Å². The molecule has 0 aliphatic rings. The van der Waals surface area contributed by atoms with Gasteiger partial charge in [0.25, 0.3) is 0 Å². The molecule has 0 aliphatic carbocycles. The summed E-state index contributed by atoms with van der Waals surface area (Å²) in [5.41, 5.74) is 1.43. The summed E-state index contributed by atoms with van der Waals surface area (Å²) in [5.74, 6) is 0.276. The maximum absolute atomic E-state index is 11.7. The van der Waals surface area contributed by atoms with Gasteiger partial charge in [0.2, 0.25) is 0 Å². The minimum atomic E-state index is -0.333. The van der Waals surface area contributed by atoms with Crippen molar-refractivity contribution in [1.82, 2.24) is 9.55 Å². The smallest absolute Gasteiger partial charge is 0.326 e. The van der Waals surface area contributed by atoms with Gasteiger partial charge in [0.1, 0.15) is 12.4 Å². The van der Waals surface area contributed by atoms with Crippen LogP contribution in [0.1, 0.15) is 25.0 Å². The van der Waals surface area contributed by atoms with Crippen LogP contribution in [0, 0.1) is 0 Å². The number of ether oxygens (including phenoxy) is 1. The van der Waals surface area contributed by atoms with E-state index in [1.54, 1.807) is 24.5 Å². The molecule has 2 aromatic rings. The molecule has 0 aliphatic heterocycles. The van der Waals surface area contributed by atoms with E-state index in [-0.39, 0.29) is 17.9 Å². The Morgan fingerprint density at radius 2 is 2.26 bits per heavy atom. The van der Waals surface area contributed by atoms with Gasteiger partial charge in [0.05, 0.1) is 28.0 Å². The molecular formula is C13H14Cl2N2O2. The SMILES string of the molecule is CCOC(=O)Cn1c(C(C)Cl)nc2cccc(Cl)c21. The normalized spacial score (nSPS) is 12.6. The molecule has 0 amide bonds. The molecule has 6 heteroatoms. The summed E-state index contributed by atoms with van der Waals surface area (Å²) >= 11 is 12.3. The lowest BCUT2D eigenvalue weighted by atomic mass is 10.3. The lowest BCUT2D eigenvalue weighted by Crippen LogP contribution is -2.16. The molecule has 2 rings (SSSR count). The zero-order chi connectivity index (χ0) is 14.0. The number of nitrogens with zero attached hydrogens (tertiary/aromatic N) is 2. The maximum Gasteiger partial charge on any atom is 0.326 e. The number of carbonyl (C=O) groups is 1. The van der Waals surface area contributed by atoms with Crippen molar-refractivity contribution >= 4 is 40.2 Å². The van der Waals surface area contributed by atoms with Crippen LogP contribution in [0.4, 0.5) is 0 Å². The molecule has 0 radical (unpaired) electrons. The summed E-state index contributed by atoms with van der Waals surface area (Å²) in [5, 5.41) is 0.218. The fourth-order valence-electron chi connectivity index (χ4n) is 1.96. The molecule has 19 heavy (non-hydrogen) atoms. The highest BCUT2D eigenvalue weighted by atomic mass is 35.5. The van der Waals surface area contributed by atoms with Gasteiger partial charge < -0.3 is 9.30 Å². The third-order valence-corrected chi connectivity index (χ3v) is 3.20. The Labute approximate surface area is 121 Å². The van der Waals surface area contributed by atoms with Crippen molar-refractivity contribution in [3.05, 3.63) is 29.0 Å². The minimum absolute atomic E-state index is 0.0560. The third-order valence-electron chi connectivity index (χ3n) is 2.70. The number of fused-ring (bicyclic) bond motifs is 1. The number of esters is 1. The van der Waals surface area contributed by atoms with Crippen LogP contribution in [-0.2, 0) is 16.1 Å². The summed E-state index contributed by atoms with van der Waals surface area (Å²) < 4.78 is 6.68. The lowest BCUT2D eigenvalue weighted by Gasteiger charge is -2.10. The molecule has 0 spiro atoms. The second-order valence-electron chi connectivity index (χ2n) is 4.08. The van der Waals surface area contributed by atoms with Crippen LogP contribution in [0.3, 0.4) is 0 Å². The molecule has 1 unspecified atom stereocenters. The first-order valence-corrected chi connectivity index (χ1v) is 6.80. The molecule has 0 saturated heterocycles. The van der Waals surface area contributed by atoms with Gasteiger partial charge in [-0.2, -0.15) is 0 Å². The summed E-state index contributed by atoms with van der Waals surface area (Å²) in [7, 11) is 0. The Bertz CT molecular complexity index is 608. The van der Waals surface area contributed by atoms with Gasteiger partial charge in [-0.1, -0.05) is 17.7 Å². The molecule has 1 heterocycles. The van der Waals surface area contributed by atoms with Gasteiger partial charge in [-0.05, 0) is 26.0 Å². The highest BCUT2D eigenvalue weighted by molar-refractivity contribution is 6.35. The van der Waals surface area contributed by atoms with Gasteiger partial charge in [-0.15, -0.1) is 11.6 Å². The molecule has 1 aromatic carbocycles. The molecule has 1 atom stereocenters. The number of hydrogen-bond donors (Lipinski definition) is 0. The topological polar surface area (TPSA) is 44.1 Å². The molecule has 0 bridgehead atoms. The summed E-state index contributed by atoms with van der Waals surface area (Å²) in [6, 6.07) is 5.41. The van der Waals surface area contributed by atoms with Crippen LogP contribution in [0.25, 0.3) is 11.0 Å². The van der Waals surface area contributed by atoms with Crippen molar-refractivity contribution in [3.8, 4) is 0 Å². The first-order valence-electron chi connectivity index (χ1n) is 5.99. The monoisotopic (exact) mass is 300 g/mol. The van der Waals surface area contributed by atoms with E-state index in [1.807, 2.05) is 12.1 Å². The van der Waals surface area contributed by atoms with E-state index in [9.17, 15) is 4.79 Å². The summed E-state index contributed by atoms with van der Waals surface area (Å²) in [6.07, 6.45) is 0. The molecule has 102 valence electrons. The Morgan fingerprint density at radius 3 is 2.89 bits per heavy atom. The van der Waals surface area contributed by atoms with Crippen LogP contribution in [-0.4, -0.2) is 22.1 Å². The van der Waals surface area contributed by atoms with Crippen molar-refractivity contribution in [3.63, 3.8) is 0 Å². The van der Waals surface area contributed by atoms with E-state index >= 15 is 0 Å². The fraction of sp³-hybridized carbons (Fsp3) is 0.385. The molecular weight excluding hydrogens is 287 g/mol. The largest absolute Gasteiger partial charge is 0.465 e. The van der Waals surface area contributed by atoms with E-state index in [4.69, 9.17) is 27.9 Å². The van der Waals surface area contributed by atoms with Gasteiger partial charge in [0, 0.05) is 0 Å². The number of aromatic nitrogens is 2. The van der Waals surface area contributed by atoms with Gasteiger partial charge in [-0.25, -0.2) is 4.98 Å². The van der Waals surface area contributed by atoms with Crippen molar-refractivity contribution in [1.29, 1.82) is 0 Å². The van der Waals surface area contributed by atoms with Crippen LogP contribution >= 0.6 is 23.2 Å². The molecule has 4 nitrogen and oxygen atoms in total. The first-order chi connectivity index (χ1) is 9.04. The molecule has 0 saturated carbocycles. The third kappa shape index (κ3) is 2.85. The van der Waals surface area contributed by atoms with Gasteiger partial charge in [0.15, 0.2) is 0 Å². The number of para-hydroxylation sites is 1. The second-order valence-corrected chi connectivity index (χ2v) is 5.15. The highest BCUT2D eigenvalue weighted by Gasteiger charge is 2.19. The second kappa shape index (κ2) is 5.80. The number of hydrogen-bond acceptors (Lipinski definition) is 3. The number of halogens is 2. The lowest BCUT2D eigenvalue weighted by molar-refractivity contribution is -0.143. The number of carbonyl (C=O) groups excluding carboxylic acids is 1. The number of imidazole rings is 1. The first kappa shape index (κ1) is 14.2. The van der Waals surface area contributed by atoms with E-state index in [0.717, 1.165) is 5.52 Å². The molecule has 0 fully saturated rings. The van der Waals surface area contributed by atoms with Crippen LogP contribution in [0.5, 0.6) is 0 Å². The summed E-state index contributed by atoms with van der Waals surface area (Å²) in [6.45, 7) is 3.96. The molecule has 0 N–H and O–H groups in total. The van der Waals surface area contributed by atoms with Crippen molar-refractivity contribution in [2.75, 3.05) is 6.61 Å². The number of benzene rings is 1. The predicted molar refractivity (Wildman–Crippen MR) is 75.6 cm³/mol. The van der Waals surface area contributed by atoms with Crippen molar-refractivity contribution < 1.29 is 9.53 Å². The van der Waals surface area contributed by atoms with Gasteiger partial charge in [-0.3, -0.25) is 4.79 Å². The quantitative estimate of drug-likeness (QED) is 0.640. The van der Waals surface area contributed by atoms with Crippen LogP contribution < -0.4 is 0 Å². The van der Waals surface area contributed by atoms with Gasteiger partial charge >= 0.3 is 5.97 Å². The standard InChI is InChI=1S/C13H14Cl2N2O2/c1-3-19-11(18)7-17-12-9(15)5-4-6-10(12)16-13(17)8(2)14/h4-6,8H,3,7H2,1-2H3. The average molecular weight is 301 g/mol. The zero-order valence-electron chi connectivity index (χ0n) is 10.7. The Morgan fingerprint density at radius 1 is 1.53 bits per heavy atom. The van der Waals surface area contributed by atoms with Crippen molar-refractivity contribution in [2.24, 2.45) is 0 Å². The Balaban J connectivity index is 2.54. The molecule has 1 aromatic heterocycles. The average Bonchev–Trinajstić information content (AvgIpc) is 2.70. The predicted octanol–water partition coefficient (Wildman–Crippen LogP) is 3.55. The van der Waals surface area contributed by atoms with E-state index in [2.05, 4.69) is 4.98 Å². The minimum Gasteiger partial charge on any atom is -0.465 e. The van der Waals surface area contributed by atoms with E-state index < -0.39 is 0 Å². The summed E-state index contributed by atoms with van der Waals surface area (Å²) in [4.78, 5) is 16.1. The van der Waals surface area contributed by atoms with Crippen molar-refractivity contribution in [2.45, 2.75) is 25.8 Å². The number of rotatable bonds is 4. The highest BCUT2D eigenvalue weighted by Crippen LogP contribution is 2.29. The van der Waals surface area contributed by atoms with E-state index in [1.165, 1.54) is 0 Å².